The Balaban J connectivity index is 1.69. The van der Waals surface area contributed by atoms with Crippen molar-refractivity contribution >= 4 is 17.3 Å². The van der Waals surface area contributed by atoms with Crippen LogP contribution >= 0.6 is 0 Å². The molecule has 0 amide bonds. The van der Waals surface area contributed by atoms with Gasteiger partial charge >= 0.3 is 0 Å². The van der Waals surface area contributed by atoms with Crippen LogP contribution in [0.4, 0.5) is 17.3 Å². The number of aromatic nitrogens is 2. The second-order valence-corrected chi connectivity index (χ2v) is 5.60. The number of anilines is 3. The lowest BCUT2D eigenvalue weighted by molar-refractivity contribution is 0.198. The van der Waals surface area contributed by atoms with E-state index in [9.17, 15) is 0 Å². The van der Waals surface area contributed by atoms with Gasteiger partial charge in [0.25, 0.3) is 0 Å². The average Bonchev–Trinajstić information content (AvgIpc) is 2.68. The quantitative estimate of drug-likeness (QED) is 0.555. The molecule has 0 atom stereocenters. The van der Waals surface area contributed by atoms with E-state index in [1.165, 1.54) is 6.33 Å². The Morgan fingerprint density at radius 3 is 2.54 bits per heavy atom. The lowest BCUT2D eigenvalue weighted by Crippen LogP contribution is -2.07. The van der Waals surface area contributed by atoms with Crippen molar-refractivity contribution in [1.82, 2.24) is 9.97 Å². The first-order valence-corrected chi connectivity index (χ1v) is 8.49. The van der Waals surface area contributed by atoms with Gasteiger partial charge in [0.1, 0.15) is 23.7 Å². The van der Waals surface area contributed by atoms with Gasteiger partial charge in [-0.2, -0.15) is 0 Å². The van der Waals surface area contributed by atoms with Crippen LogP contribution in [0.15, 0.2) is 67.0 Å². The Morgan fingerprint density at radius 1 is 0.923 bits per heavy atom. The van der Waals surface area contributed by atoms with Crippen molar-refractivity contribution in [3.05, 3.63) is 67.0 Å². The van der Waals surface area contributed by atoms with Gasteiger partial charge in [-0.05, 0) is 30.7 Å². The second-order valence-electron chi connectivity index (χ2n) is 5.60. The third-order valence-electron chi connectivity index (χ3n) is 3.62. The van der Waals surface area contributed by atoms with E-state index in [1.54, 1.807) is 7.11 Å². The van der Waals surface area contributed by atoms with E-state index in [0.29, 0.717) is 12.4 Å². The van der Waals surface area contributed by atoms with Crippen LogP contribution in [0.5, 0.6) is 11.5 Å². The first kappa shape index (κ1) is 17.7. The number of hydrogen-bond acceptors (Lipinski definition) is 6. The summed E-state index contributed by atoms with van der Waals surface area (Å²) in [4.78, 5) is 8.52. The van der Waals surface area contributed by atoms with Gasteiger partial charge in [0.2, 0.25) is 0 Å². The van der Waals surface area contributed by atoms with E-state index in [2.05, 4.69) is 20.6 Å². The molecule has 1 heterocycles. The summed E-state index contributed by atoms with van der Waals surface area (Å²) < 4.78 is 11.0. The summed E-state index contributed by atoms with van der Waals surface area (Å²) in [7, 11) is 1.70. The highest BCUT2D eigenvalue weighted by atomic mass is 16.5. The molecular formula is C20H22N4O2. The highest BCUT2D eigenvalue weighted by molar-refractivity contribution is 5.66. The predicted octanol–water partition coefficient (Wildman–Crippen LogP) is 4.46. The molecule has 6 heteroatoms. The summed E-state index contributed by atoms with van der Waals surface area (Å²) in [6.07, 6.45) is 2.44. The Morgan fingerprint density at radius 2 is 1.69 bits per heavy atom. The topological polar surface area (TPSA) is 68.3 Å². The van der Waals surface area contributed by atoms with Crippen molar-refractivity contribution in [1.29, 1.82) is 0 Å². The number of nitrogens with one attached hydrogen (secondary N) is 2. The van der Waals surface area contributed by atoms with Crippen LogP contribution < -0.4 is 15.4 Å². The summed E-state index contributed by atoms with van der Waals surface area (Å²) >= 11 is 0. The molecule has 26 heavy (non-hydrogen) atoms. The van der Waals surface area contributed by atoms with Gasteiger partial charge in [-0.15, -0.1) is 0 Å². The number of ether oxygens (including phenoxy) is 2. The van der Waals surface area contributed by atoms with E-state index in [0.717, 1.165) is 36.0 Å². The molecular weight excluding hydrogens is 328 g/mol. The number of hydrogen-bond donors (Lipinski definition) is 2. The normalized spacial score (nSPS) is 10.3. The first-order valence-electron chi connectivity index (χ1n) is 8.49. The molecule has 0 aliphatic carbocycles. The van der Waals surface area contributed by atoms with Crippen LogP contribution in [0.2, 0.25) is 0 Å². The van der Waals surface area contributed by atoms with Crippen molar-refractivity contribution in [2.45, 2.75) is 6.42 Å². The second kappa shape index (κ2) is 9.39. The largest absolute Gasteiger partial charge is 0.455 e. The molecule has 134 valence electrons. The fourth-order valence-corrected chi connectivity index (χ4v) is 2.37. The van der Waals surface area contributed by atoms with E-state index in [1.807, 2.05) is 60.7 Å². The van der Waals surface area contributed by atoms with Gasteiger partial charge in [-0.1, -0.05) is 30.3 Å². The molecule has 2 aromatic carbocycles. The molecule has 6 nitrogen and oxygen atoms in total. The van der Waals surface area contributed by atoms with E-state index in [-0.39, 0.29) is 0 Å². The lowest BCUT2D eigenvalue weighted by atomic mass is 10.3. The third kappa shape index (κ3) is 5.19. The first-order chi connectivity index (χ1) is 12.8. The minimum Gasteiger partial charge on any atom is -0.455 e. The summed E-state index contributed by atoms with van der Waals surface area (Å²) in [6, 6.07) is 19.3. The standard InChI is InChI=1S/C20H22N4O2/c1-25-13-7-12-21-19-14-20(23-15-22-19)24-17-10-5-6-11-18(17)26-16-8-3-2-4-9-16/h2-6,8-11,14-15H,7,12-13H2,1H3,(H2,21,22,23,24). The molecule has 2 N–H and O–H groups in total. The van der Waals surface area contributed by atoms with Gasteiger partial charge in [0.05, 0.1) is 5.69 Å². The summed E-state index contributed by atoms with van der Waals surface area (Å²) in [6.45, 7) is 1.51. The molecule has 0 saturated carbocycles. The number of benzene rings is 2. The molecule has 1 aromatic heterocycles. The Labute approximate surface area is 153 Å². The highest BCUT2D eigenvalue weighted by Gasteiger charge is 2.06. The highest BCUT2D eigenvalue weighted by Crippen LogP contribution is 2.31. The number of rotatable bonds is 9. The predicted molar refractivity (Wildman–Crippen MR) is 103 cm³/mol. The van der Waals surface area contributed by atoms with Crippen molar-refractivity contribution < 1.29 is 9.47 Å². The maximum atomic E-state index is 5.97. The summed E-state index contributed by atoms with van der Waals surface area (Å²) in [5, 5.41) is 6.55. The minimum absolute atomic E-state index is 0.693. The maximum Gasteiger partial charge on any atom is 0.150 e. The molecule has 0 fully saturated rings. The lowest BCUT2D eigenvalue weighted by Gasteiger charge is -2.13. The number of nitrogens with zero attached hydrogens (tertiary/aromatic N) is 2. The van der Waals surface area contributed by atoms with E-state index >= 15 is 0 Å². The van der Waals surface area contributed by atoms with Gasteiger partial charge in [-0.25, -0.2) is 9.97 Å². The van der Waals surface area contributed by atoms with Crippen LogP contribution in [0.25, 0.3) is 0 Å². The number of methoxy groups -OCH3 is 1. The average molecular weight is 350 g/mol. The SMILES string of the molecule is COCCCNc1cc(Nc2ccccc2Oc2ccccc2)ncn1. The molecule has 0 aliphatic rings. The van der Waals surface area contributed by atoms with Gasteiger partial charge in [0, 0.05) is 26.3 Å². The summed E-state index contributed by atoms with van der Waals surface area (Å²) in [5.41, 5.74) is 0.834. The zero-order valence-corrected chi connectivity index (χ0v) is 14.7. The van der Waals surface area contributed by atoms with Crippen molar-refractivity contribution in [3.8, 4) is 11.5 Å². The third-order valence-corrected chi connectivity index (χ3v) is 3.62. The molecule has 0 aliphatic heterocycles. The Kier molecular flexibility index (Phi) is 6.39. The maximum absolute atomic E-state index is 5.97. The Bertz CT molecular complexity index is 812. The van der Waals surface area contributed by atoms with Crippen molar-refractivity contribution in [3.63, 3.8) is 0 Å². The minimum atomic E-state index is 0.693. The molecule has 0 unspecified atom stereocenters. The fourth-order valence-electron chi connectivity index (χ4n) is 2.37. The molecule has 0 saturated heterocycles. The zero-order valence-electron chi connectivity index (χ0n) is 14.7. The van der Waals surface area contributed by atoms with Crippen LogP contribution in [0, 0.1) is 0 Å². The van der Waals surface area contributed by atoms with Crippen molar-refractivity contribution in [2.24, 2.45) is 0 Å². The van der Waals surface area contributed by atoms with Gasteiger partial charge < -0.3 is 20.1 Å². The zero-order chi connectivity index (χ0) is 18.0. The van der Waals surface area contributed by atoms with Crippen LogP contribution in [-0.4, -0.2) is 30.2 Å². The van der Waals surface area contributed by atoms with Crippen LogP contribution in [0.3, 0.4) is 0 Å². The fraction of sp³-hybridized carbons (Fsp3) is 0.200. The molecule has 3 rings (SSSR count). The Hall–Kier alpha value is -3.12. The van der Waals surface area contributed by atoms with E-state index in [4.69, 9.17) is 9.47 Å². The van der Waals surface area contributed by atoms with Crippen molar-refractivity contribution in [2.75, 3.05) is 30.9 Å². The summed E-state index contributed by atoms with van der Waals surface area (Å²) in [5.74, 6) is 2.97. The monoisotopic (exact) mass is 350 g/mol. The smallest absolute Gasteiger partial charge is 0.150 e. The molecule has 0 spiro atoms. The number of para-hydroxylation sites is 3. The van der Waals surface area contributed by atoms with Crippen LogP contribution in [0.1, 0.15) is 6.42 Å². The van der Waals surface area contributed by atoms with Gasteiger partial charge in [-0.3, -0.25) is 0 Å². The molecule has 3 aromatic rings. The molecule has 0 radical (unpaired) electrons. The van der Waals surface area contributed by atoms with E-state index < -0.39 is 0 Å². The molecule has 0 bridgehead atoms. The van der Waals surface area contributed by atoms with Crippen LogP contribution in [-0.2, 0) is 4.74 Å². The van der Waals surface area contributed by atoms with Gasteiger partial charge in [0.15, 0.2) is 5.75 Å².